The molecule has 4 rings (SSSR count). The lowest BCUT2D eigenvalue weighted by Gasteiger charge is -2.27. The van der Waals surface area contributed by atoms with Crippen molar-refractivity contribution in [3.05, 3.63) is 0 Å². The van der Waals surface area contributed by atoms with Crippen LogP contribution in [0.1, 0.15) is 51.4 Å². The van der Waals surface area contributed by atoms with E-state index in [0.717, 1.165) is 38.5 Å². The summed E-state index contributed by atoms with van der Waals surface area (Å²) >= 11 is 0.110. The van der Waals surface area contributed by atoms with Crippen molar-refractivity contribution in [2.45, 2.75) is 63.6 Å². The van der Waals surface area contributed by atoms with Gasteiger partial charge >= 0.3 is 13.6 Å². The largest absolute Gasteiger partial charge is 0.398 e. The second kappa shape index (κ2) is 6.12. The summed E-state index contributed by atoms with van der Waals surface area (Å²) in [6.45, 7) is -8.38. The summed E-state index contributed by atoms with van der Waals surface area (Å²) in [5, 5.41) is 0. The number of fused-ring (bicyclic) bond motifs is 4. The summed E-state index contributed by atoms with van der Waals surface area (Å²) in [6, 6.07) is 0. The van der Waals surface area contributed by atoms with Crippen LogP contribution in [-0.2, 0) is 18.2 Å². The van der Waals surface area contributed by atoms with Crippen LogP contribution in [0.4, 0.5) is 0 Å². The fourth-order valence-corrected chi connectivity index (χ4v) is 11.4. The van der Waals surface area contributed by atoms with Gasteiger partial charge in [0.2, 0.25) is 0 Å². The molecule has 4 saturated carbocycles. The molecule has 0 amide bonds. The van der Waals surface area contributed by atoms with E-state index in [1.165, 1.54) is 12.8 Å². The molecule has 0 aromatic heterocycles. The van der Waals surface area contributed by atoms with E-state index in [2.05, 4.69) is 0 Å². The topological polar surface area (TPSA) is 93.1 Å². The molecule has 4 aliphatic rings. The Morgan fingerprint density at radius 3 is 1.48 bits per heavy atom. The fraction of sp³-hybridized carbons (Fsp3) is 1.00. The van der Waals surface area contributed by atoms with Crippen molar-refractivity contribution in [1.29, 1.82) is 0 Å². The van der Waals surface area contributed by atoms with Crippen molar-refractivity contribution in [2.75, 3.05) is 0 Å². The van der Waals surface area contributed by atoms with E-state index < -0.39 is 13.6 Å². The van der Waals surface area contributed by atoms with Gasteiger partial charge in [0.1, 0.15) is 0 Å². The zero-order valence-electron chi connectivity index (χ0n) is 13.0. The Balaban J connectivity index is 1.33. The van der Waals surface area contributed by atoms with Gasteiger partial charge in [-0.25, -0.2) is 9.13 Å². The van der Waals surface area contributed by atoms with Gasteiger partial charge in [-0.15, -0.1) is 0 Å². The quantitative estimate of drug-likeness (QED) is 0.661. The molecule has 4 bridgehead atoms. The summed E-state index contributed by atoms with van der Waals surface area (Å²) in [5.74, 6) is 1.82. The van der Waals surface area contributed by atoms with E-state index in [1.54, 1.807) is 0 Å². The highest BCUT2D eigenvalue weighted by Crippen LogP contribution is 2.77. The summed E-state index contributed by atoms with van der Waals surface area (Å²) in [6.07, 6.45) is 7.56. The Labute approximate surface area is 140 Å². The van der Waals surface area contributed by atoms with Gasteiger partial charge in [0.05, 0.1) is 23.2 Å². The SMILES string of the molecule is O=P(O)(OC1CC2CCC1C2)SP(=O)(O)OC1CC2CCC1C2. The van der Waals surface area contributed by atoms with Crippen molar-refractivity contribution in [2.24, 2.45) is 23.7 Å². The van der Waals surface area contributed by atoms with Crippen molar-refractivity contribution < 1.29 is 28.0 Å². The van der Waals surface area contributed by atoms with Gasteiger partial charge < -0.3 is 9.79 Å². The smallest absolute Gasteiger partial charge is 0.316 e. The third-order valence-corrected chi connectivity index (χ3v) is 13.0. The first-order valence-electron chi connectivity index (χ1n) is 8.53. The summed E-state index contributed by atoms with van der Waals surface area (Å²) in [5.41, 5.74) is 0. The number of hydrogen-bond acceptors (Lipinski definition) is 5. The predicted octanol–water partition coefficient (Wildman–Crippen LogP) is 4.33. The van der Waals surface area contributed by atoms with Crippen LogP contribution in [0.5, 0.6) is 0 Å². The van der Waals surface area contributed by atoms with Gasteiger partial charge in [-0.05, 0) is 75.0 Å². The third kappa shape index (κ3) is 3.76. The Bertz CT molecular complexity index is 523. The molecular formula is C14H24O6P2S. The second-order valence-electron chi connectivity index (χ2n) is 7.66. The van der Waals surface area contributed by atoms with Crippen LogP contribution in [0, 0.1) is 23.7 Å². The van der Waals surface area contributed by atoms with Gasteiger partial charge in [0.25, 0.3) is 0 Å². The van der Waals surface area contributed by atoms with E-state index in [4.69, 9.17) is 9.05 Å². The van der Waals surface area contributed by atoms with Gasteiger partial charge in [-0.1, -0.05) is 0 Å². The molecule has 8 unspecified atom stereocenters. The normalized spacial score (nSPS) is 46.9. The maximum Gasteiger partial charge on any atom is 0.398 e. The molecule has 23 heavy (non-hydrogen) atoms. The van der Waals surface area contributed by atoms with Crippen LogP contribution >= 0.6 is 24.6 Å². The van der Waals surface area contributed by atoms with Crippen molar-refractivity contribution in [1.82, 2.24) is 0 Å². The molecule has 0 aliphatic heterocycles. The fourth-order valence-electron chi connectivity index (χ4n) is 5.14. The molecule has 4 fully saturated rings. The van der Waals surface area contributed by atoms with E-state index in [9.17, 15) is 18.9 Å². The maximum atomic E-state index is 12.3. The Hall–Kier alpha value is 0.650. The molecule has 0 spiro atoms. The molecule has 6 nitrogen and oxygen atoms in total. The second-order valence-corrected chi connectivity index (χ2v) is 14.8. The number of rotatable bonds is 6. The zero-order valence-corrected chi connectivity index (χ0v) is 15.6. The molecule has 0 aromatic carbocycles. The van der Waals surface area contributed by atoms with Gasteiger partial charge in [0.15, 0.2) is 0 Å². The van der Waals surface area contributed by atoms with Crippen LogP contribution < -0.4 is 0 Å². The average molecular weight is 382 g/mol. The minimum absolute atomic E-state index is 0.110. The molecule has 0 radical (unpaired) electrons. The molecule has 0 aromatic rings. The highest BCUT2D eigenvalue weighted by atomic mass is 33.1. The lowest BCUT2D eigenvalue weighted by molar-refractivity contribution is 0.126. The summed E-state index contributed by atoms with van der Waals surface area (Å²) in [7, 11) is 0. The lowest BCUT2D eigenvalue weighted by Crippen LogP contribution is -2.19. The van der Waals surface area contributed by atoms with Crippen LogP contribution in [0.15, 0.2) is 0 Å². The minimum atomic E-state index is -4.19. The first-order chi connectivity index (χ1) is 10.8. The third-order valence-electron chi connectivity index (χ3n) is 6.09. The predicted molar refractivity (Wildman–Crippen MR) is 87.9 cm³/mol. The van der Waals surface area contributed by atoms with E-state index >= 15 is 0 Å². The molecule has 0 heterocycles. The molecule has 0 saturated heterocycles. The molecule has 4 aliphatic carbocycles. The molecule has 9 heteroatoms. The maximum absolute atomic E-state index is 12.3. The minimum Gasteiger partial charge on any atom is -0.316 e. The highest BCUT2D eigenvalue weighted by Gasteiger charge is 2.48. The summed E-state index contributed by atoms with van der Waals surface area (Å²) in [4.78, 5) is 20.1. The lowest BCUT2D eigenvalue weighted by atomic mass is 9.98. The van der Waals surface area contributed by atoms with Crippen molar-refractivity contribution in [3.8, 4) is 0 Å². The number of hydrogen-bond donors (Lipinski definition) is 2. The molecular weight excluding hydrogens is 358 g/mol. The Morgan fingerprint density at radius 1 is 0.739 bits per heavy atom. The Kier molecular flexibility index (Phi) is 4.55. The van der Waals surface area contributed by atoms with Crippen LogP contribution in [-0.4, -0.2) is 22.0 Å². The van der Waals surface area contributed by atoms with Crippen molar-refractivity contribution >= 4 is 24.6 Å². The highest BCUT2D eigenvalue weighted by molar-refractivity contribution is 8.84. The summed E-state index contributed by atoms with van der Waals surface area (Å²) < 4.78 is 35.3. The first-order valence-corrected chi connectivity index (χ1v) is 13.7. The molecule has 132 valence electrons. The van der Waals surface area contributed by atoms with E-state index in [1.807, 2.05) is 0 Å². The zero-order chi connectivity index (χ0) is 16.2. The van der Waals surface area contributed by atoms with Gasteiger partial charge in [-0.2, -0.15) is 0 Å². The van der Waals surface area contributed by atoms with E-state index in [0.29, 0.717) is 23.7 Å². The van der Waals surface area contributed by atoms with Crippen LogP contribution in [0.2, 0.25) is 0 Å². The molecule has 2 N–H and O–H groups in total. The van der Waals surface area contributed by atoms with Crippen LogP contribution in [0.25, 0.3) is 0 Å². The van der Waals surface area contributed by atoms with Gasteiger partial charge in [-0.3, -0.25) is 9.05 Å². The van der Waals surface area contributed by atoms with Crippen molar-refractivity contribution in [3.63, 3.8) is 0 Å². The first kappa shape index (κ1) is 17.1. The monoisotopic (exact) mass is 382 g/mol. The van der Waals surface area contributed by atoms with Gasteiger partial charge in [0, 0.05) is 0 Å². The molecule has 8 atom stereocenters. The van der Waals surface area contributed by atoms with E-state index in [-0.39, 0.29) is 23.2 Å². The Morgan fingerprint density at radius 2 is 1.17 bits per heavy atom. The van der Waals surface area contributed by atoms with Crippen LogP contribution in [0.3, 0.4) is 0 Å². The average Bonchev–Trinajstić information content (AvgIpc) is 3.15. The standard InChI is InChI=1S/C14H24O6P2S/c15-21(16,19-13-7-9-1-3-11(13)5-9)23-22(17,18)20-14-8-10-2-4-12(14)6-10/h9-14H,1-8H2,(H,15,16)(H,17,18).